The second kappa shape index (κ2) is 11.8. The molecule has 0 heteroatoms. The molecule has 1 saturated carbocycles. The molecule has 0 radical (unpaired) electrons. The van der Waals surface area contributed by atoms with E-state index in [1.165, 1.54) is 89.9 Å². The van der Waals surface area contributed by atoms with Crippen LogP contribution in [0.5, 0.6) is 0 Å². The van der Waals surface area contributed by atoms with Crippen LogP contribution in [0.3, 0.4) is 0 Å². The third kappa shape index (κ3) is 8.78. The minimum atomic E-state index is 0.902. The van der Waals surface area contributed by atoms with Gasteiger partial charge >= 0.3 is 0 Å². The molecule has 0 bridgehead atoms. The predicted molar refractivity (Wildman–Crippen MR) is 82.9 cm³/mol. The van der Waals surface area contributed by atoms with Crippen LogP contribution < -0.4 is 0 Å². The Bertz CT molecular complexity index is 182. The molecule has 0 heterocycles. The van der Waals surface area contributed by atoms with E-state index in [4.69, 9.17) is 0 Å². The number of rotatable bonds is 7. The van der Waals surface area contributed by atoms with E-state index in [2.05, 4.69) is 19.1 Å². The molecule has 0 aromatic carbocycles. The monoisotopic (exact) mass is 250 g/mol. The minimum Gasteiger partial charge on any atom is -0.0883 e. The van der Waals surface area contributed by atoms with Crippen molar-refractivity contribution in [1.82, 2.24) is 0 Å². The topological polar surface area (TPSA) is 0 Å². The average Bonchev–Trinajstić information content (AvgIpc) is 2.51. The fourth-order valence-electron chi connectivity index (χ4n) is 3.01. The van der Waals surface area contributed by atoms with Crippen molar-refractivity contribution in [2.75, 3.05) is 0 Å². The molecular formula is C18H34. The molecule has 0 aliphatic heterocycles. The largest absolute Gasteiger partial charge is 0.0883 e. The van der Waals surface area contributed by atoms with Crippen molar-refractivity contribution in [3.8, 4) is 0 Å². The lowest BCUT2D eigenvalue weighted by atomic mass is 9.96. The van der Waals surface area contributed by atoms with Gasteiger partial charge in [-0.3, -0.25) is 0 Å². The van der Waals surface area contributed by atoms with E-state index >= 15 is 0 Å². The summed E-state index contributed by atoms with van der Waals surface area (Å²) in [6, 6.07) is 0. The summed E-state index contributed by atoms with van der Waals surface area (Å²) in [5.74, 6) is 0.902. The van der Waals surface area contributed by atoms with Crippen molar-refractivity contribution in [3.05, 3.63) is 12.2 Å². The highest BCUT2D eigenvalue weighted by Gasteiger charge is 2.06. The maximum Gasteiger partial charge on any atom is -0.0234 e. The van der Waals surface area contributed by atoms with Gasteiger partial charge in [0.25, 0.3) is 0 Å². The van der Waals surface area contributed by atoms with Crippen molar-refractivity contribution in [2.45, 2.75) is 96.8 Å². The highest BCUT2D eigenvalue weighted by atomic mass is 14.1. The van der Waals surface area contributed by atoms with Gasteiger partial charge in [0.2, 0.25) is 0 Å². The van der Waals surface area contributed by atoms with Crippen LogP contribution in [-0.4, -0.2) is 0 Å². The Labute approximate surface area is 115 Å². The fraction of sp³-hybridized carbons (Fsp3) is 0.889. The van der Waals surface area contributed by atoms with Crippen LogP contribution in [0.25, 0.3) is 0 Å². The summed E-state index contributed by atoms with van der Waals surface area (Å²) in [6.07, 6.45) is 25.1. The highest BCUT2D eigenvalue weighted by molar-refractivity contribution is 4.88. The zero-order valence-electron chi connectivity index (χ0n) is 12.6. The van der Waals surface area contributed by atoms with Crippen LogP contribution in [0.1, 0.15) is 96.8 Å². The quantitative estimate of drug-likeness (QED) is 0.350. The first-order valence-corrected chi connectivity index (χ1v) is 8.60. The normalized spacial score (nSPS) is 19.6. The molecule has 1 aliphatic rings. The standard InChI is InChI=1S/C18H34/c1-2-3-4-5-6-9-12-15-18-16-13-10-7-8-11-14-17-18/h12,15,18H,2-11,13-14,16-17H2,1H3. The summed E-state index contributed by atoms with van der Waals surface area (Å²) in [5, 5.41) is 0. The maximum absolute atomic E-state index is 2.55. The number of unbranched alkanes of at least 4 members (excludes halogenated alkanes) is 5. The molecule has 0 aromatic heterocycles. The van der Waals surface area contributed by atoms with Gasteiger partial charge < -0.3 is 0 Å². The van der Waals surface area contributed by atoms with E-state index in [1.807, 2.05) is 0 Å². The van der Waals surface area contributed by atoms with Crippen molar-refractivity contribution < 1.29 is 0 Å². The number of hydrogen-bond acceptors (Lipinski definition) is 0. The molecule has 0 aromatic rings. The van der Waals surface area contributed by atoms with Crippen molar-refractivity contribution in [2.24, 2.45) is 5.92 Å². The van der Waals surface area contributed by atoms with Gasteiger partial charge in [0, 0.05) is 0 Å². The molecule has 1 aliphatic carbocycles. The summed E-state index contributed by atoms with van der Waals surface area (Å²) < 4.78 is 0. The second-order valence-corrected chi connectivity index (χ2v) is 6.09. The van der Waals surface area contributed by atoms with E-state index in [-0.39, 0.29) is 0 Å². The van der Waals surface area contributed by atoms with Gasteiger partial charge in [-0.15, -0.1) is 0 Å². The van der Waals surface area contributed by atoms with Crippen molar-refractivity contribution in [1.29, 1.82) is 0 Å². The minimum absolute atomic E-state index is 0.902. The third-order valence-corrected chi connectivity index (χ3v) is 4.28. The summed E-state index contributed by atoms with van der Waals surface area (Å²) in [7, 11) is 0. The Kier molecular flexibility index (Phi) is 10.4. The molecule has 1 rings (SSSR count). The number of hydrogen-bond donors (Lipinski definition) is 0. The molecule has 0 nitrogen and oxygen atoms in total. The lowest BCUT2D eigenvalue weighted by Crippen LogP contribution is -1.95. The zero-order valence-corrected chi connectivity index (χ0v) is 12.6. The molecule has 0 amide bonds. The molecule has 0 saturated heterocycles. The number of allylic oxidation sites excluding steroid dienone is 2. The first-order chi connectivity index (χ1) is 8.93. The average molecular weight is 250 g/mol. The Morgan fingerprint density at radius 3 is 2.06 bits per heavy atom. The molecule has 0 unspecified atom stereocenters. The van der Waals surface area contributed by atoms with Gasteiger partial charge in [-0.2, -0.15) is 0 Å². The Morgan fingerprint density at radius 1 is 0.778 bits per heavy atom. The van der Waals surface area contributed by atoms with E-state index < -0.39 is 0 Å². The van der Waals surface area contributed by atoms with Crippen molar-refractivity contribution in [3.63, 3.8) is 0 Å². The van der Waals surface area contributed by atoms with Crippen LogP contribution in [0.15, 0.2) is 12.2 Å². The van der Waals surface area contributed by atoms with E-state index in [0.29, 0.717) is 0 Å². The third-order valence-electron chi connectivity index (χ3n) is 4.28. The lowest BCUT2D eigenvalue weighted by molar-refractivity contribution is 0.508. The molecule has 1 fully saturated rings. The van der Waals surface area contributed by atoms with Crippen LogP contribution in [0.2, 0.25) is 0 Å². The van der Waals surface area contributed by atoms with E-state index in [0.717, 1.165) is 5.92 Å². The van der Waals surface area contributed by atoms with Gasteiger partial charge in [0.1, 0.15) is 0 Å². The summed E-state index contributed by atoms with van der Waals surface area (Å²) in [5.41, 5.74) is 0. The molecular weight excluding hydrogens is 216 g/mol. The fourth-order valence-corrected chi connectivity index (χ4v) is 3.01. The van der Waals surface area contributed by atoms with Crippen LogP contribution in [0.4, 0.5) is 0 Å². The molecule has 106 valence electrons. The first kappa shape index (κ1) is 15.8. The Balaban J connectivity index is 2.06. The van der Waals surface area contributed by atoms with E-state index in [9.17, 15) is 0 Å². The zero-order chi connectivity index (χ0) is 12.9. The predicted octanol–water partition coefficient (Wildman–Crippen LogP) is 6.65. The van der Waals surface area contributed by atoms with Crippen molar-refractivity contribution >= 4 is 0 Å². The SMILES string of the molecule is CCCCCCCC=CC1CCCCCCCC1. The molecule has 0 atom stereocenters. The Hall–Kier alpha value is -0.260. The second-order valence-electron chi connectivity index (χ2n) is 6.09. The first-order valence-electron chi connectivity index (χ1n) is 8.60. The van der Waals surface area contributed by atoms with Crippen LogP contribution in [0, 0.1) is 5.92 Å². The maximum atomic E-state index is 2.55. The van der Waals surface area contributed by atoms with Crippen LogP contribution >= 0.6 is 0 Å². The van der Waals surface area contributed by atoms with Crippen LogP contribution in [-0.2, 0) is 0 Å². The summed E-state index contributed by atoms with van der Waals surface area (Å²) in [6.45, 7) is 2.29. The molecule has 0 N–H and O–H groups in total. The van der Waals surface area contributed by atoms with Gasteiger partial charge in [-0.25, -0.2) is 0 Å². The lowest BCUT2D eigenvalue weighted by Gasteiger charge is -2.10. The van der Waals surface area contributed by atoms with Gasteiger partial charge in [0.05, 0.1) is 0 Å². The molecule has 18 heavy (non-hydrogen) atoms. The highest BCUT2D eigenvalue weighted by Crippen LogP contribution is 2.23. The smallest absolute Gasteiger partial charge is 0.0234 e. The summed E-state index contributed by atoms with van der Waals surface area (Å²) >= 11 is 0. The summed E-state index contributed by atoms with van der Waals surface area (Å²) in [4.78, 5) is 0. The van der Waals surface area contributed by atoms with Gasteiger partial charge in [0.15, 0.2) is 0 Å². The van der Waals surface area contributed by atoms with Gasteiger partial charge in [-0.1, -0.05) is 83.3 Å². The van der Waals surface area contributed by atoms with E-state index in [1.54, 1.807) is 0 Å². The Morgan fingerprint density at radius 2 is 1.39 bits per heavy atom. The van der Waals surface area contributed by atoms with Gasteiger partial charge in [-0.05, 0) is 31.6 Å². The molecule has 0 spiro atoms.